The number of Topliss-reactive ketones (excluding diaryl/α,β-unsaturated/α-hetero) is 1. The maximum Gasteiger partial charge on any atom is 0.261 e. The summed E-state index contributed by atoms with van der Waals surface area (Å²) < 4.78 is 33.3. The predicted molar refractivity (Wildman–Crippen MR) is 103 cm³/mol. The summed E-state index contributed by atoms with van der Waals surface area (Å²) in [5.41, 5.74) is 1.61. The fraction of sp³-hybridized carbons (Fsp3) is 0.167. The summed E-state index contributed by atoms with van der Waals surface area (Å²) in [6.07, 6.45) is 0. The predicted octanol–water partition coefficient (Wildman–Crippen LogP) is 5.36. The molecule has 1 N–H and O–H groups in total. The Hall–Kier alpha value is -2.02. The molecule has 26 heavy (non-hydrogen) atoms. The lowest BCUT2D eigenvalue weighted by atomic mass is 10.1. The number of hydrogen-bond donors (Lipinski definition) is 1. The maximum absolute atomic E-state index is 12.6. The Morgan fingerprint density at radius 1 is 1.08 bits per heavy atom. The van der Waals surface area contributed by atoms with Crippen LogP contribution in [0.15, 0.2) is 39.6 Å². The van der Waals surface area contributed by atoms with Gasteiger partial charge in [-0.2, -0.15) is 0 Å². The summed E-state index contributed by atoms with van der Waals surface area (Å²) >= 11 is 12.2. The molecule has 2 aromatic carbocycles. The molecule has 0 saturated carbocycles. The lowest BCUT2D eigenvalue weighted by Crippen LogP contribution is -2.13. The monoisotopic (exact) mass is 411 g/mol. The molecular weight excluding hydrogens is 397 g/mol. The molecular formula is C18H15Cl2NO4S. The average molecular weight is 412 g/mol. The van der Waals surface area contributed by atoms with Gasteiger partial charge in [-0.05, 0) is 56.7 Å². The molecule has 5 nitrogen and oxygen atoms in total. The van der Waals surface area contributed by atoms with Crippen molar-refractivity contribution in [3.05, 3.63) is 57.3 Å². The molecule has 3 aromatic rings. The summed E-state index contributed by atoms with van der Waals surface area (Å²) in [5, 5.41) is 1.16. The van der Waals surface area contributed by atoms with E-state index in [2.05, 4.69) is 4.72 Å². The lowest BCUT2D eigenvalue weighted by Gasteiger charge is -2.10. The third-order valence-electron chi connectivity index (χ3n) is 3.96. The van der Waals surface area contributed by atoms with E-state index in [1.54, 1.807) is 13.8 Å². The Bertz CT molecular complexity index is 1150. The van der Waals surface area contributed by atoms with Crippen molar-refractivity contribution in [3.8, 4) is 0 Å². The van der Waals surface area contributed by atoms with Gasteiger partial charge in [-0.1, -0.05) is 23.2 Å². The molecule has 0 bridgehead atoms. The van der Waals surface area contributed by atoms with Crippen molar-refractivity contribution < 1.29 is 17.6 Å². The van der Waals surface area contributed by atoms with Crippen LogP contribution >= 0.6 is 23.2 Å². The number of fused-ring (bicyclic) bond motifs is 1. The number of carbonyl (C=O) groups excluding carboxylic acids is 1. The highest BCUT2D eigenvalue weighted by molar-refractivity contribution is 7.92. The Kier molecular flexibility index (Phi) is 4.77. The standard InChI is InChI=1S/C18H15Cl2NO4S/c1-9-6-13(4-5-15(9)19)26(23,24)21-12-7-14-17(10(2)22)11(3)25-18(14)16(20)8-12/h4-8,21H,1-3H3. The minimum atomic E-state index is -3.85. The van der Waals surface area contributed by atoms with E-state index < -0.39 is 10.0 Å². The van der Waals surface area contributed by atoms with Gasteiger partial charge in [-0.25, -0.2) is 8.42 Å². The van der Waals surface area contributed by atoms with E-state index in [-0.39, 0.29) is 21.4 Å². The number of sulfonamides is 1. The minimum absolute atomic E-state index is 0.0748. The summed E-state index contributed by atoms with van der Waals surface area (Å²) in [6.45, 7) is 4.80. The van der Waals surface area contributed by atoms with Gasteiger partial charge in [-0.3, -0.25) is 9.52 Å². The van der Waals surface area contributed by atoms with E-state index in [1.165, 1.54) is 37.3 Å². The highest BCUT2D eigenvalue weighted by atomic mass is 35.5. The Morgan fingerprint density at radius 3 is 2.38 bits per heavy atom. The first-order valence-corrected chi connectivity index (χ1v) is 9.86. The number of hydrogen-bond acceptors (Lipinski definition) is 4. The first kappa shape index (κ1) is 18.8. The van der Waals surface area contributed by atoms with E-state index >= 15 is 0 Å². The SMILES string of the molecule is CC(=O)c1c(C)oc2c(Cl)cc(NS(=O)(=O)c3ccc(Cl)c(C)c3)cc12. The van der Waals surface area contributed by atoms with Crippen LogP contribution in [0.1, 0.15) is 28.6 Å². The molecule has 1 aromatic heterocycles. The highest BCUT2D eigenvalue weighted by Gasteiger charge is 2.20. The van der Waals surface area contributed by atoms with Crippen molar-refractivity contribution in [2.24, 2.45) is 0 Å². The van der Waals surface area contributed by atoms with Gasteiger partial charge < -0.3 is 4.42 Å². The zero-order chi connectivity index (χ0) is 19.2. The number of furan rings is 1. The second-order valence-corrected chi connectivity index (χ2v) is 8.44. The summed E-state index contributed by atoms with van der Waals surface area (Å²) in [4.78, 5) is 12.0. The van der Waals surface area contributed by atoms with Crippen molar-refractivity contribution in [3.63, 3.8) is 0 Å². The van der Waals surface area contributed by atoms with Crippen LogP contribution in [0.2, 0.25) is 10.0 Å². The second-order valence-electron chi connectivity index (χ2n) is 5.94. The van der Waals surface area contributed by atoms with E-state index in [9.17, 15) is 13.2 Å². The molecule has 136 valence electrons. The van der Waals surface area contributed by atoms with Gasteiger partial charge in [0, 0.05) is 10.4 Å². The number of aryl methyl sites for hydroxylation is 2. The Morgan fingerprint density at radius 2 is 1.77 bits per heavy atom. The Balaban J connectivity index is 2.09. The van der Waals surface area contributed by atoms with Crippen molar-refractivity contribution in [2.45, 2.75) is 25.7 Å². The van der Waals surface area contributed by atoms with Crippen LogP contribution < -0.4 is 4.72 Å². The van der Waals surface area contributed by atoms with Gasteiger partial charge >= 0.3 is 0 Å². The van der Waals surface area contributed by atoms with Crippen LogP contribution in [-0.4, -0.2) is 14.2 Å². The summed E-state index contributed by atoms with van der Waals surface area (Å²) in [5.74, 6) is 0.244. The van der Waals surface area contributed by atoms with Crippen LogP contribution in [0.3, 0.4) is 0 Å². The molecule has 1 heterocycles. The first-order valence-electron chi connectivity index (χ1n) is 7.62. The van der Waals surface area contributed by atoms with Crippen LogP contribution in [0.4, 0.5) is 5.69 Å². The average Bonchev–Trinajstić information content (AvgIpc) is 2.86. The molecule has 0 aliphatic heterocycles. The molecule has 0 aliphatic rings. The van der Waals surface area contributed by atoms with Gasteiger partial charge in [0.15, 0.2) is 11.4 Å². The smallest absolute Gasteiger partial charge is 0.261 e. The molecule has 3 rings (SSSR count). The fourth-order valence-corrected chi connectivity index (χ4v) is 4.27. The van der Waals surface area contributed by atoms with Crippen LogP contribution in [-0.2, 0) is 10.0 Å². The number of anilines is 1. The molecule has 0 spiro atoms. The van der Waals surface area contributed by atoms with Gasteiger partial charge in [0.25, 0.3) is 10.0 Å². The third-order valence-corrected chi connectivity index (χ3v) is 6.05. The summed E-state index contributed by atoms with van der Waals surface area (Å²) in [6, 6.07) is 7.40. The van der Waals surface area contributed by atoms with Crippen LogP contribution in [0.25, 0.3) is 11.0 Å². The number of carbonyl (C=O) groups is 1. The second kappa shape index (κ2) is 6.61. The number of nitrogens with one attached hydrogen (secondary N) is 1. The highest BCUT2D eigenvalue weighted by Crippen LogP contribution is 2.35. The molecule has 0 fully saturated rings. The molecule has 0 radical (unpaired) electrons. The van der Waals surface area contributed by atoms with Gasteiger partial charge in [0.2, 0.25) is 0 Å². The third kappa shape index (κ3) is 3.32. The summed E-state index contributed by atoms with van der Waals surface area (Å²) in [7, 11) is -3.85. The number of rotatable bonds is 4. The normalized spacial score (nSPS) is 11.7. The van der Waals surface area contributed by atoms with E-state index in [1.807, 2.05) is 0 Å². The van der Waals surface area contributed by atoms with E-state index in [4.69, 9.17) is 27.6 Å². The van der Waals surface area contributed by atoms with Crippen LogP contribution in [0, 0.1) is 13.8 Å². The van der Waals surface area contributed by atoms with Crippen molar-refractivity contribution >= 4 is 55.7 Å². The Labute approximate surface area is 161 Å². The number of benzene rings is 2. The fourth-order valence-electron chi connectivity index (χ4n) is 2.77. The topological polar surface area (TPSA) is 76.4 Å². The van der Waals surface area contributed by atoms with Crippen molar-refractivity contribution in [1.29, 1.82) is 0 Å². The zero-order valence-corrected chi connectivity index (χ0v) is 16.5. The van der Waals surface area contributed by atoms with Gasteiger partial charge in [0.05, 0.1) is 21.2 Å². The molecule has 0 amide bonds. The van der Waals surface area contributed by atoms with Crippen molar-refractivity contribution in [2.75, 3.05) is 4.72 Å². The molecule has 8 heteroatoms. The lowest BCUT2D eigenvalue weighted by molar-refractivity contribution is 0.101. The first-order chi connectivity index (χ1) is 12.1. The van der Waals surface area contributed by atoms with Crippen LogP contribution in [0.5, 0.6) is 0 Å². The molecule has 0 saturated heterocycles. The van der Waals surface area contributed by atoms with E-state index in [0.717, 1.165) is 0 Å². The largest absolute Gasteiger partial charge is 0.459 e. The quantitative estimate of drug-likeness (QED) is 0.586. The van der Waals surface area contributed by atoms with Gasteiger partial charge in [0.1, 0.15) is 5.76 Å². The minimum Gasteiger partial charge on any atom is -0.459 e. The number of ketones is 1. The zero-order valence-electron chi connectivity index (χ0n) is 14.2. The molecule has 0 unspecified atom stereocenters. The van der Waals surface area contributed by atoms with Crippen molar-refractivity contribution in [1.82, 2.24) is 0 Å². The molecule has 0 atom stereocenters. The van der Waals surface area contributed by atoms with E-state index in [0.29, 0.717) is 32.9 Å². The molecule has 0 aliphatic carbocycles. The number of halogens is 2. The maximum atomic E-state index is 12.6. The van der Waals surface area contributed by atoms with Gasteiger partial charge in [-0.15, -0.1) is 0 Å².